The van der Waals surface area contributed by atoms with Gasteiger partial charge in [0.15, 0.2) is 0 Å². The lowest BCUT2D eigenvalue weighted by molar-refractivity contribution is 0.109. The van der Waals surface area contributed by atoms with Crippen LogP contribution in [0.2, 0.25) is 0 Å². The van der Waals surface area contributed by atoms with Crippen molar-refractivity contribution in [3.05, 3.63) is 71.8 Å². The second-order valence-electron chi connectivity index (χ2n) is 3.41. The first-order chi connectivity index (χ1) is 8.27. The van der Waals surface area contributed by atoms with Crippen LogP contribution in [0.4, 0.5) is 0 Å². The van der Waals surface area contributed by atoms with Gasteiger partial charge in [0.2, 0.25) is 5.12 Å². The zero-order valence-electron chi connectivity index (χ0n) is 9.00. The van der Waals surface area contributed by atoms with Crippen molar-refractivity contribution in [2.75, 3.05) is 0 Å². The normalized spacial score (nSPS) is 9.88. The van der Waals surface area contributed by atoms with Crippen molar-refractivity contribution < 1.29 is 4.79 Å². The maximum Gasteiger partial charge on any atom is 0.224 e. The molecule has 3 heteroatoms. The maximum absolute atomic E-state index is 11.9. The van der Waals surface area contributed by atoms with Gasteiger partial charge in [-0.1, -0.05) is 72.9 Å². The Balaban J connectivity index is 2.08. The Hall–Kier alpha value is -1.45. The highest BCUT2D eigenvalue weighted by Gasteiger charge is 2.10. The molecule has 0 radical (unpaired) electrons. The Morgan fingerprint density at radius 1 is 0.824 bits per heavy atom. The molecule has 0 unspecified atom stereocenters. The molecule has 0 N–H and O–H groups in total. The summed E-state index contributed by atoms with van der Waals surface area (Å²) in [4.78, 5) is 11.9. The first-order valence-corrected chi connectivity index (χ1v) is 6.36. The molecule has 2 aromatic rings. The van der Waals surface area contributed by atoms with E-state index in [0.29, 0.717) is 9.76 Å². The first-order valence-electron chi connectivity index (χ1n) is 5.14. The molecule has 2 aromatic carbocycles. The summed E-state index contributed by atoms with van der Waals surface area (Å²) in [6.07, 6.45) is 0. The summed E-state index contributed by atoms with van der Waals surface area (Å²) in [6, 6.07) is 18.7. The van der Waals surface area contributed by atoms with E-state index < -0.39 is 0 Å². The molecular formula is C14H10OS2. The highest BCUT2D eigenvalue weighted by Crippen LogP contribution is 2.18. The molecule has 0 saturated carbocycles. The molecule has 0 spiro atoms. The molecule has 0 saturated heterocycles. The SMILES string of the molecule is O=C(SC(=S)c1ccccc1)c1ccccc1. The van der Waals surface area contributed by atoms with Crippen LogP contribution in [-0.4, -0.2) is 9.31 Å². The Morgan fingerprint density at radius 2 is 1.29 bits per heavy atom. The summed E-state index contributed by atoms with van der Waals surface area (Å²) in [5, 5.41) is -0.0144. The van der Waals surface area contributed by atoms with Gasteiger partial charge in [-0.05, 0) is 17.3 Å². The van der Waals surface area contributed by atoms with E-state index in [0.717, 1.165) is 17.3 Å². The molecule has 0 amide bonds. The van der Waals surface area contributed by atoms with Gasteiger partial charge in [-0.2, -0.15) is 0 Å². The van der Waals surface area contributed by atoms with Gasteiger partial charge in [0.25, 0.3) is 0 Å². The summed E-state index contributed by atoms with van der Waals surface area (Å²) < 4.78 is 0.611. The summed E-state index contributed by atoms with van der Waals surface area (Å²) in [5.74, 6) is 0. The van der Waals surface area contributed by atoms with Gasteiger partial charge in [0.05, 0.1) is 4.20 Å². The van der Waals surface area contributed by atoms with Gasteiger partial charge in [0, 0.05) is 5.56 Å². The topological polar surface area (TPSA) is 17.1 Å². The quantitative estimate of drug-likeness (QED) is 0.760. The van der Waals surface area contributed by atoms with Crippen LogP contribution in [0.1, 0.15) is 15.9 Å². The van der Waals surface area contributed by atoms with Crippen LogP contribution >= 0.6 is 24.0 Å². The van der Waals surface area contributed by atoms with E-state index in [1.165, 1.54) is 0 Å². The Morgan fingerprint density at radius 3 is 1.82 bits per heavy atom. The molecule has 0 aliphatic rings. The standard InChI is InChI=1S/C14H10OS2/c15-13(11-7-3-1-4-8-11)17-14(16)12-9-5-2-6-10-12/h1-10H. The molecule has 1 nitrogen and oxygen atoms in total. The number of thioether (sulfide) groups is 1. The van der Waals surface area contributed by atoms with Crippen LogP contribution in [0.5, 0.6) is 0 Å². The number of hydrogen-bond donors (Lipinski definition) is 0. The van der Waals surface area contributed by atoms with Crippen molar-refractivity contribution in [1.82, 2.24) is 0 Å². The molecule has 0 atom stereocenters. The number of benzene rings is 2. The van der Waals surface area contributed by atoms with Crippen LogP contribution in [0.15, 0.2) is 60.7 Å². The van der Waals surface area contributed by atoms with E-state index in [2.05, 4.69) is 0 Å². The van der Waals surface area contributed by atoms with Gasteiger partial charge in [-0.25, -0.2) is 0 Å². The molecule has 0 aliphatic carbocycles. The van der Waals surface area contributed by atoms with Gasteiger partial charge in [-0.15, -0.1) is 0 Å². The molecule has 2 rings (SSSR count). The van der Waals surface area contributed by atoms with Crippen molar-refractivity contribution in [2.45, 2.75) is 0 Å². The third-order valence-corrected chi connectivity index (χ3v) is 3.53. The van der Waals surface area contributed by atoms with Crippen LogP contribution in [0.3, 0.4) is 0 Å². The zero-order chi connectivity index (χ0) is 12.1. The Bertz CT molecular complexity index is 471. The van der Waals surface area contributed by atoms with Gasteiger partial charge in [0.1, 0.15) is 0 Å². The third kappa shape index (κ3) is 3.25. The van der Waals surface area contributed by atoms with Crippen molar-refractivity contribution in [3.63, 3.8) is 0 Å². The van der Waals surface area contributed by atoms with E-state index in [1.807, 2.05) is 48.5 Å². The second kappa shape index (κ2) is 5.75. The largest absolute Gasteiger partial charge is 0.281 e. The van der Waals surface area contributed by atoms with E-state index in [-0.39, 0.29) is 5.12 Å². The summed E-state index contributed by atoms with van der Waals surface area (Å²) in [6.45, 7) is 0. The van der Waals surface area contributed by atoms with Gasteiger partial charge < -0.3 is 0 Å². The monoisotopic (exact) mass is 258 g/mol. The van der Waals surface area contributed by atoms with Crippen LogP contribution < -0.4 is 0 Å². The fraction of sp³-hybridized carbons (Fsp3) is 0. The van der Waals surface area contributed by atoms with Crippen molar-refractivity contribution in [2.24, 2.45) is 0 Å². The number of carbonyl (C=O) groups is 1. The van der Waals surface area contributed by atoms with E-state index >= 15 is 0 Å². The molecule has 0 aromatic heterocycles. The average Bonchev–Trinajstić information content (AvgIpc) is 2.40. The number of rotatable bonds is 2. The van der Waals surface area contributed by atoms with Crippen LogP contribution in [0.25, 0.3) is 0 Å². The number of hydrogen-bond acceptors (Lipinski definition) is 3. The maximum atomic E-state index is 11.9. The highest BCUT2D eigenvalue weighted by atomic mass is 32.2. The lowest BCUT2D eigenvalue weighted by Gasteiger charge is -2.02. The smallest absolute Gasteiger partial charge is 0.224 e. The predicted octanol–water partition coefficient (Wildman–Crippen LogP) is 3.94. The lowest BCUT2D eigenvalue weighted by atomic mass is 10.2. The lowest BCUT2D eigenvalue weighted by Crippen LogP contribution is -1.99. The number of carbonyl (C=O) groups excluding carboxylic acids is 1. The summed E-state index contributed by atoms with van der Waals surface area (Å²) >= 11 is 6.34. The molecule has 0 aliphatic heterocycles. The molecule has 0 heterocycles. The summed E-state index contributed by atoms with van der Waals surface area (Å²) in [5.41, 5.74) is 1.59. The van der Waals surface area contributed by atoms with Crippen molar-refractivity contribution >= 4 is 33.3 Å². The molecule has 84 valence electrons. The van der Waals surface area contributed by atoms with Crippen LogP contribution in [0, 0.1) is 0 Å². The minimum Gasteiger partial charge on any atom is -0.281 e. The van der Waals surface area contributed by atoms with E-state index in [4.69, 9.17) is 12.2 Å². The Labute approximate surface area is 110 Å². The fourth-order valence-corrected chi connectivity index (χ4v) is 2.39. The van der Waals surface area contributed by atoms with Gasteiger partial charge >= 0.3 is 0 Å². The van der Waals surface area contributed by atoms with E-state index in [1.54, 1.807) is 12.1 Å². The molecular weight excluding hydrogens is 248 g/mol. The summed E-state index contributed by atoms with van der Waals surface area (Å²) in [7, 11) is 0. The Kier molecular flexibility index (Phi) is 4.07. The first kappa shape index (κ1) is 12.0. The minimum absolute atomic E-state index is 0.0144. The molecule has 0 fully saturated rings. The zero-order valence-corrected chi connectivity index (χ0v) is 10.6. The van der Waals surface area contributed by atoms with Crippen molar-refractivity contribution in [1.29, 1.82) is 0 Å². The minimum atomic E-state index is -0.0144. The van der Waals surface area contributed by atoms with Crippen LogP contribution in [-0.2, 0) is 0 Å². The van der Waals surface area contributed by atoms with Gasteiger partial charge in [-0.3, -0.25) is 4.79 Å². The number of thiocarbonyl (C=S) groups is 1. The average molecular weight is 258 g/mol. The fourth-order valence-electron chi connectivity index (χ4n) is 1.35. The second-order valence-corrected chi connectivity index (χ2v) is 5.06. The molecule has 17 heavy (non-hydrogen) atoms. The predicted molar refractivity (Wildman–Crippen MR) is 76.5 cm³/mol. The van der Waals surface area contributed by atoms with Crippen molar-refractivity contribution in [3.8, 4) is 0 Å². The molecule has 0 bridgehead atoms. The highest BCUT2D eigenvalue weighted by molar-refractivity contribution is 8.33. The van der Waals surface area contributed by atoms with E-state index in [9.17, 15) is 4.79 Å². The third-order valence-electron chi connectivity index (χ3n) is 2.20.